The Morgan fingerprint density at radius 3 is 3.21 bits per heavy atom. The van der Waals surface area contributed by atoms with Crippen LogP contribution in [0.1, 0.15) is 4.88 Å². The van der Waals surface area contributed by atoms with Crippen molar-refractivity contribution >= 4 is 34.9 Å². The van der Waals surface area contributed by atoms with Crippen molar-refractivity contribution in [2.24, 2.45) is 0 Å². The van der Waals surface area contributed by atoms with Gasteiger partial charge in [0.05, 0.1) is 5.51 Å². The Bertz CT molecular complexity index is 245. The van der Waals surface area contributed by atoms with Crippen molar-refractivity contribution in [3.8, 4) is 0 Å². The third-order valence-corrected chi connectivity index (χ3v) is 5.66. The molecule has 1 fully saturated rings. The molecular formula is C9H14N2S3. The van der Waals surface area contributed by atoms with Crippen LogP contribution in [-0.2, 0) is 6.54 Å². The van der Waals surface area contributed by atoms with Crippen molar-refractivity contribution in [2.75, 3.05) is 23.8 Å². The summed E-state index contributed by atoms with van der Waals surface area (Å²) in [6.07, 6.45) is 1.94. The van der Waals surface area contributed by atoms with Crippen LogP contribution in [0.4, 0.5) is 0 Å². The lowest BCUT2D eigenvalue weighted by Gasteiger charge is -2.20. The highest BCUT2D eigenvalue weighted by molar-refractivity contribution is 8.06. The van der Waals surface area contributed by atoms with Gasteiger partial charge in [-0.2, -0.15) is 23.5 Å². The fourth-order valence-electron chi connectivity index (χ4n) is 1.34. The highest BCUT2D eigenvalue weighted by Gasteiger charge is 2.13. The Labute approximate surface area is 97.3 Å². The maximum atomic E-state index is 4.06. The number of hydrogen-bond acceptors (Lipinski definition) is 5. The second-order valence-electron chi connectivity index (χ2n) is 3.17. The van der Waals surface area contributed by atoms with E-state index in [1.54, 1.807) is 11.3 Å². The van der Waals surface area contributed by atoms with Gasteiger partial charge in [0.1, 0.15) is 0 Å². The molecule has 0 amide bonds. The normalized spacial score (nSPS) is 22.4. The number of rotatable bonds is 4. The minimum absolute atomic E-state index is 0.807. The zero-order valence-electron chi connectivity index (χ0n) is 7.94. The lowest BCUT2D eigenvalue weighted by Crippen LogP contribution is -2.28. The first kappa shape index (κ1) is 10.8. The fourth-order valence-corrected chi connectivity index (χ4v) is 4.55. The van der Waals surface area contributed by atoms with Gasteiger partial charge in [-0.3, -0.25) is 4.98 Å². The quantitative estimate of drug-likeness (QED) is 0.879. The molecule has 0 bridgehead atoms. The summed E-state index contributed by atoms with van der Waals surface area (Å²) >= 11 is 5.91. The van der Waals surface area contributed by atoms with Gasteiger partial charge < -0.3 is 5.32 Å². The van der Waals surface area contributed by atoms with Gasteiger partial charge in [0, 0.05) is 46.7 Å². The molecular weight excluding hydrogens is 232 g/mol. The van der Waals surface area contributed by atoms with Crippen LogP contribution in [0, 0.1) is 0 Å². The lowest BCUT2D eigenvalue weighted by molar-refractivity contribution is 0.692. The summed E-state index contributed by atoms with van der Waals surface area (Å²) in [6, 6.07) is 0. The lowest BCUT2D eigenvalue weighted by atomic mass is 10.4. The molecule has 2 nitrogen and oxygen atoms in total. The Morgan fingerprint density at radius 2 is 2.50 bits per heavy atom. The molecule has 14 heavy (non-hydrogen) atoms. The van der Waals surface area contributed by atoms with Crippen LogP contribution in [-0.4, -0.2) is 34.0 Å². The van der Waals surface area contributed by atoms with Gasteiger partial charge in [-0.05, 0) is 0 Å². The van der Waals surface area contributed by atoms with Crippen molar-refractivity contribution in [1.29, 1.82) is 0 Å². The fraction of sp³-hybridized carbons (Fsp3) is 0.667. The predicted molar refractivity (Wildman–Crippen MR) is 67.4 cm³/mol. The number of thioether (sulfide) groups is 2. The average Bonchev–Trinajstić information content (AvgIpc) is 2.72. The number of hydrogen-bond donors (Lipinski definition) is 1. The largest absolute Gasteiger partial charge is 0.311 e. The summed E-state index contributed by atoms with van der Waals surface area (Å²) in [6.45, 7) is 2.11. The summed E-state index contributed by atoms with van der Waals surface area (Å²) in [4.78, 5) is 5.39. The summed E-state index contributed by atoms with van der Waals surface area (Å²) in [5.74, 6) is 3.95. The molecule has 1 aromatic heterocycles. The first-order valence-electron chi connectivity index (χ1n) is 4.72. The molecule has 78 valence electrons. The highest BCUT2D eigenvalue weighted by atomic mass is 32.2. The average molecular weight is 246 g/mol. The van der Waals surface area contributed by atoms with Gasteiger partial charge in [0.25, 0.3) is 0 Å². The first-order chi connectivity index (χ1) is 6.95. The van der Waals surface area contributed by atoms with Gasteiger partial charge in [-0.1, -0.05) is 0 Å². The maximum Gasteiger partial charge on any atom is 0.0794 e. The van der Waals surface area contributed by atoms with Gasteiger partial charge in [0.2, 0.25) is 0 Å². The summed E-state index contributed by atoms with van der Waals surface area (Å²) in [7, 11) is 0. The van der Waals surface area contributed by atoms with Crippen molar-refractivity contribution < 1.29 is 0 Å². The Morgan fingerprint density at radius 1 is 1.50 bits per heavy atom. The highest BCUT2D eigenvalue weighted by Crippen LogP contribution is 2.23. The molecule has 5 heteroatoms. The van der Waals surface area contributed by atoms with E-state index >= 15 is 0 Å². The summed E-state index contributed by atoms with van der Waals surface area (Å²) in [5, 5.41) is 4.30. The number of nitrogens with zero attached hydrogens (tertiary/aromatic N) is 1. The van der Waals surface area contributed by atoms with Gasteiger partial charge in [-0.15, -0.1) is 11.3 Å². The van der Waals surface area contributed by atoms with Crippen LogP contribution in [0.25, 0.3) is 0 Å². The predicted octanol–water partition coefficient (Wildman–Crippen LogP) is 2.08. The molecule has 0 aliphatic carbocycles. The second-order valence-corrected chi connectivity index (χ2v) is 6.70. The molecule has 1 N–H and O–H groups in total. The monoisotopic (exact) mass is 246 g/mol. The molecule has 1 aliphatic heterocycles. The third kappa shape index (κ3) is 3.46. The van der Waals surface area contributed by atoms with E-state index in [1.165, 1.54) is 22.1 Å². The van der Waals surface area contributed by atoms with E-state index in [9.17, 15) is 0 Å². The first-order valence-corrected chi connectivity index (χ1v) is 7.81. The Balaban J connectivity index is 1.62. The summed E-state index contributed by atoms with van der Waals surface area (Å²) < 4.78 is 0. The Kier molecular flexibility index (Phi) is 4.63. The van der Waals surface area contributed by atoms with E-state index in [4.69, 9.17) is 0 Å². The minimum atomic E-state index is 0.807. The summed E-state index contributed by atoms with van der Waals surface area (Å²) in [5.41, 5.74) is 1.89. The third-order valence-electron chi connectivity index (χ3n) is 2.04. The molecule has 1 unspecified atom stereocenters. The van der Waals surface area contributed by atoms with E-state index < -0.39 is 0 Å². The van der Waals surface area contributed by atoms with Crippen molar-refractivity contribution in [3.05, 3.63) is 16.6 Å². The minimum Gasteiger partial charge on any atom is -0.311 e. The number of thiazole rings is 1. The van der Waals surface area contributed by atoms with Crippen molar-refractivity contribution in [1.82, 2.24) is 10.3 Å². The van der Waals surface area contributed by atoms with Crippen molar-refractivity contribution in [2.45, 2.75) is 11.8 Å². The van der Waals surface area contributed by atoms with Crippen LogP contribution in [0.2, 0.25) is 0 Å². The van der Waals surface area contributed by atoms with E-state index in [0.717, 1.165) is 18.3 Å². The second kappa shape index (κ2) is 6.00. The van der Waals surface area contributed by atoms with Gasteiger partial charge in [0.15, 0.2) is 0 Å². The topological polar surface area (TPSA) is 24.9 Å². The molecule has 1 aromatic rings. The molecule has 0 aromatic carbocycles. The standard InChI is InChI=1S/C9H14N2S3/c1-2-13-9(6-12-1)5-10-3-8-4-11-7-14-8/h4,7,9-10H,1-3,5-6H2. The number of nitrogens with one attached hydrogen (secondary N) is 1. The molecule has 0 spiro atoms. The van der Waals surface area contributed by atoms with Crippen LogP contribution >= 0.6 is 34.9 Å². The number of aromatic nitrogens is 1. The zero-order valence-corrected chi connectivity index (χ0v) is 10.4. The molecule has 1 atom stereocenters. The molecule has 1 aliphatic rings. The molecule has 1 saturated heterocycles. The van der Waals surface area contributed by atoms with Crippen LogP contribution < -0.4 is 5.32 Å². The van der Waals surface area contributed by atoms with Crippen LogP contribution in [0.15, 0.2) is 11.7 Å². The van der Waals surface area contributed by atoms with Crippen molar-refractivity contribution in [3.63, 3.8) is 0 Å². The molecule has 0 radical (unpaired) electrons. The molecule has 2 rings (SSSR count). The Hall–Kier alpha value is 0.290. The van der Waals surface area contributed by atoms with Gasteiger partial charge >= 0.3 is 0 Å². The van der Waals surface area contributed by atoms with E-state index in [0.29, 0.717) is 0 Å². The SMILES string of the molecule is c1ncc(CNCC2CSCCS2)s1. The van der Waals surface area contributed by atoms with E-state index in [2.05, 4.69) is 33.8 Å². The molecule has 2 heterocycles. The van der Waals surface area contributed by atoms with Gasteiger partial charge in [-0.25, -0.2) is 0 Å². The molecule has 0 saturated carbocycles. The maximum absolute atomic E-state index is 4.06. The van der Waals surface area contributed by atoms with Crippen LogP contribution in [0.3, 0.4) is 0 Å². The smallest absolute Gasteiger partial charge is 0.0794 e. The van der Waals surface area contributed by atoms with E-state index in [1.807, 2.05) is 11.7 Å². The van der Waals surface area contributed by atoms with E-state index in [-0.39, 0.29) is 0 Å². The van der Waals surface area contributed by atoms with Crippen LogP contribution in [0.5, 0.6) is 0 Å². The zero-order chi connectivity index (χ0) is 9.64.